The van der Waals surface area contributed by atoms with Gasteiger partial charge in [-0.1, -0.05) is 6.92 Å². The molecular formula is C17H18N4O. The fourth-order valence-electron chi connectivity index (χ4n) is 3.18. The first-order chi connectivity index (χ1) is 10.8. The highest BCUT2D eigenvalue weighted by Gasteiger charge is 2.22. The summed E-state index contributed by atoms with van der Waals surface area (Å²) >= 11 is 0. The van der Waals surface area contributed by atoms with E-state index in [0.29, 0.717) is 6.54 Å². The van der Waals surface area contributed by atoms with Crippen molar-refractivity contribution in [3.05, 3.63) is 41.1 Å². The van der Waals surface area contributed by atoms with Crippen LogP contribution in [0.15, 0.2) is 24.4 Å². The molecule has 0 saturated carbocycles. The van der Waals surface area contributed by atoms with Crippen LogP contribution in [-0.2, 0) is 12.8 Å². The average molecular weight is 294 g/mol. The Morgan fingerprint density at radius 1 is 1.32 bits per heavy atom. The molecule has 0 saturated heterocycles. The van der Waals surface area contributed by atoms with Crippen LogP contribution in [0.25, 0.3) is 22.3 Å². The predicted molar refractivity (Wildman–Crippen MR) is 85.9 cm³/mol. The highest BCUT2D eigenvalue weighted by atomic mass is 16.1. The Morgan fingerprint density at radius 3 is 3.09 bits per heavy atom. The molecule has 1 aliphatic rings. The molecule has 0 bridgehead atoms. The zero-order valence-electron chi connectivity index (χ0n) is 12.5. The fraction of sp³-hybridized carbons (Fsp3) is 0.294. The molecule has 5 nitrogen and oxygen atoms in total. The van der Waals surface area contributed by atoms with Gasteiger partial charge in [0, 0.05) is 23.0 Å². The second kappa shape index (κ2) is 5.02. The van der Waals surface area contributed by atoms with Crippen LogP contribution in [0.5, 0.6) is 0 Å². The Bertz CT molecular complexity index is 859. The van der Waals surface area contributed by atoms with Crippen molar-refractivity contribution in [2.75, 3.05) is 6.54 Å². The van der Waals surface area contributed by atoms with Crippen molar-refractivity contribution in [2.24, 2.45) is 0 Å². The van der Waals surface area contributed by atoms with Gasteiger partial charge in [0.15, 0.2) is 0 Å². The summed E-state index contributed by atoms with van der Waals surface area (Å²) in [7, 11) is 0. The fourth-order valence-corrected chi connectivity index (χ4v) is 3.18. The van der Waals surface area contributed by atoms with E-state index in [1.54, 1.807) is 0 Å². The van der Waals surface area contributed by atoms with Gasteiger partial charge in [0.1, 0.15) is 0 Å². The maximum absolute atomic E-state index is 12.2. The number of H-pyrrole nitrogens is 2. The van der Waals surface area contributed by atoms with Crippen molar-refractivity contribution >= 4 is 16.8 Å². The van der Waals surface area contributed by atoms with E-state index < -0.39 is 0 Å². The number of carbonyl (C=O) groups excluding carboxylic acids is 1. The Labute approximate surface area is 128 Å². The summed E-state index contributed by atoms with van der Waals surface area (Å²) in [6, 6.07) is 5.87. The first kappa shape index (κ1) is 13.1. The standard InChI is InChI=1S/C17H18N4O/c1-2-7-18-17(22)10-4-6-14-13(8-10)12-5-3-11-9-19-21-15(11)16(12)20-14/h4,6,8-9,20H,2-3,5,7H2,1H3,(H,18,22)(H,19,21). The summed E-state index contributed by atoms with van der Waals surface area (Å²) in [6.07, 6.45) is 4.80. The van der Waals surface area contributed by atoms with Crippen LogP contribution in [0.1, 0.15) is 34.8 Å². The minimum Gasteiger partial charge on any atom is -0.353 e. The second-order valence-corrected chi connectivity index (χ2v) is 5.77. The lowest BCUT2D eigenvalue weighted by atomic mass is 9.93. The Balaban J connectivity index is 1.80. The van der Waals surface area contributed by atoms with Crippen molar-refractivity contribution in [1.29, 1.82) is 0 Å². The topological polar surface area (TPSA) is 73.6 Å². The average Bonchev–Trinajstić information content (AvgIpc) is 3.15. The Hall–Kier alpha value is -2.56. The maximum atomic E-state index is 12.2. The zero-order chi connectivity index (χ0) is 15.1. The third-order valence-electron chi connectivity index (χ3n) is 4.32. The zero-order valence-corrected chi connectivity index (χ0v) is 12.5. The van der Waals surface area contributed by atoms with Crippen LogP contribution in [0, 0.1) is 0 Å². The minimum absolute atomic E-state index is 0.00302. The van der Waals surface area contributed by atoms with E-state index in [4.69, 9.17) is 0 Å². The molecule has 0 fully saturated rings. The maximum Gasteiger partial charge on any atom is 0.251 e. The normalized spacial score (nSPS) is 13.0. The smallest absolute Gasteiger partial charge is 0.251 e. The molecular weight excluding hydrogens is 276 g/mol. The van der Waals surface area contributed by atoms with Gasteiger partial charge in [-0.3, -0.25) is 9.89 Å². The van der Waals surface area contributed by atoms with E-state index >= 15 is 0 Å². The summed E-state index contributed by atoms with van der Waals surface area (Å²) in [5.74, 6) is -0.00302. The van der Waals surface area contributed by atoms with Gasteiger partial charge in [0.25, 0.3) is 5.91 Å². The van der Waals surface area contributed by atoms with E-state index in [1.165, 1.54) is 11.1 Å². The molecule has 3 aromatic rings. The monoisotopic (exact) mass is 294 g/mol. The van der Waals surface area contributed by atoms with Gasteiger partial charge in [-0.2, -0.15) is 5.10 Å². The molecule has 2 aromatic heterocycles. The van der Waals surface area contributed by atoms with Crippen LogP contribution < -0.4 is 5.32 Å². The van der Waals surface area contributed by atoms with E-state index in [9.17, 15) is 4.79 Å². The number of aromatic amines is 2. The third kappa shape index (κ3) is 1.93. The van der Waals surface area contributed by atoms with Crippen molar-refractivity contribution < 1.29 is 4.79 Å². The van der Waals surface area contributed by atoms with E-state index in [0.717, 1.165) is 47.1 Å². The van der Waals surface area contributed by atoms with Crippen LogP contribution in [0.2, 0.25) is 0 Å². The number of hydrogen-bond acceptors (Lipinski definition) is 2. The van der Waals surface area contributed by atoms with Gasteiger partial charge in [0.05, 0.1) is 17.6 Å². The van der Waals surface area contributed by atoms with E-state index in [1.807, 2.05) is 31.3 Å². The van der Waals surface area contributed by atoms with E-state index in [2.05, 4.69) is 20.5 Å². The molecule has 0 radical (unpaired) electrons. The lowest BCUT2D eigenvalue weighted by molar-refractivity contribution is 0.0954. The molecule has 1 aliphatic carbocycles. The summed E-state index contributed by atoms with van der Waals surface area (Å²) in [5, 5.41) is 11.3. The van der Waals surface area contributed by atoms with Gasteiger partial charge < -0.3 is 10.3 Å². The lowest BCUT2D eigenvalue weighted by Gasteiger charge is -2.11. The lowest BCUT2D eigenvalue weighted by Crippen LogP contribution is -2.23. The molecule has 112 valence electrons. The molecule has 4 rings (SSSR count). The van der Waals surface area contributed by atoms with Gasteiger partial charge in [-0.15, -0.1) is 0 Å². The SMILES string of the molecule is CCCNC(=O)c1ccc2[nH]c3c(c2c1)CCc1cn[nH]c1-3. The molecule has 1 aromatic carbocycles. The number of nitrogens with zero attached hydrogens (tertiary/aromatic N) is 1. The summed E-state index contributed by atoms with van der Waals surface area (Å²) in [4.78, 5) is 15.6. The quantitative estimate of drug-likeness (QED) is 0.695. The molecule has 1 amide bonds. The summed E-state index contributed by atoms with van der Waals surface area (Å²) in [6.45, 7) is 2.76. The first-order valence-corrected chi connectivity index (χ1v) is 7.73. The molecule has 0 spiro atoms. The molecule has 2 heterocycles. The number of fused-ring (bicyclic) bond motifs is 5. The Kier molecular flexibility index (Phi) is 2.99. The number of aryl methyl sites for hydroxylation is 2. The van der Waals surface area contributed by atoms with Crippen molar-refractivity contribution in [3.8, 4) is 11.4 Å². The van der Waals surface area contributed by atoms with Gasteiger partial charge in [-0.05, 0) is 48.6 Å². The van der Waals surface area contributed by atoms with Crippen molar-refractivity contribution in [2.45, 2.75) is 26.2 Å². The minimum atomic E-state index is -0.00302. The number of aromatic nitrogens is 3. The summed E-state index contributed by atoms with van der Waals surface area (Å²) < 4.78 is 0. The van der Waals surface area contributed by atoms with Crippen LogP contribution >= 0.6 is 0 Å². The number of hydrogen-bond donors (Lipinski definition) is 3. The van der Waals surface area contributed by atoms with Crippen LogP contribution in [0.4, 0.5) is 0 Å². The van der Waals surface area contributed by atoms with Crippen LogP contribution in [-0.4, -0.2) is 27.6 Å². The first-order valence-electron chi connectivity index (χ1n) is 7.73. The highest BCUT2D eigenvalue weighted by molar-refractivity contribution is 6.00. The van der Waals surface area contributed by atoms with Crippen molar-refractivity contribution in [1.82, 2.24) is 20.5 Å². The number of carbonyl (C=O) groups is 1. The largest absolute Gasteiger partial charge is 0.353 e. The van der Waals surface area contributed by atoms with Gasteiger partial charge >= 0.3 is 0 Å². The second-order valence-electron chi connectivity index (χ2n) is 5.77. The molecule has 5 heteroatoms. The third-order valence-corrected chi connectivity index (χ3v) is 4.32. The number of rotatable bonds is 3. The summed E-state index contributed by atoms with van der Waals surface area (Å²) in [5.41, 5.74) is 6.50. The molecule has 22 heavy (non-hydrogen) atoms. The van der Waals surface area contributed by atoms with Gasteiger partial charge in [0.2, 0.25) is 0 Å². The highest BCUT2D eigenvalue weighted by Crippen LogP contribution is 2.36. The molecule has 0 unspecified atom stereocenters. The number of benzene rings is 1. The number of nitrogens with one attached hydrogen (secondary N) is 3. The van der Waals surface area contributed by atoms with E-state index in [-0.39, 0.29) is 5.91 Å². The Morgan fingerprint density at radius 2 is 2.23 bits per heavy atom. The van der Waals surface area contributed by atoms with Crippen molar-refractivity contribution in [3.63, 3.8) is 0 Å². The van der Waals surface area contributed by atoms with Gasteiger partial charge in [-0.25, -0.2) is 0 Å². The molecule has 0 atom stereocenters. The molecule has 3 N–H and O–H groups in total. The predicted octanol–water partition coefficient (Wildman–Crippen LogP) is 2.80. The van der Waals surface area contributed by atoms with Crippen LogP contribution in [0.3, 0.4) is 0 Å². The number of amides is 1. The molecule has 0 aliphatic heterocycles.